The van der Waals surface area contributed by atoms with Crippen molar-refractivity contribution in [2.24, 2.45) is 0 Å². The molecule has 67 heavy (non-hydrogen) atoms. The Morgan fingerprint density at radius 3 is 1.09 bits per heavy atom. The van der Waals surface area contributed by atoms with E-state index in [-0.39, 0.29) is 44.4 Å². The lowest BCUT2D eigenvalue weighted by atomic mass is 10.1. The number of ether oxygens (including phenoxy) is 3. The first kappa shape index (κ1) is 61.2. The number of carbonyl (C=O) groups excluding carboxylic acids is 3. The molecule has 0 aliphatic rings. The molecule has 0 heterocycles. The van der Waals surface area contributed by atoms with E-state index >= 15 is 0 Å². The van der Waals surface area contributed by atoms with E-state index in [9.17, 15) is 14.4 Å². The SMILES string of the molecule is CC\C=C/C=C\C=C/C=C\C=C\C=C/C=C\CCCCCC(=O)OCC(COC(=O)CCC/C=C\C/C=C\C/C=C\CC)OC(=O)CC/C=C\C/C=C\C/C=C\C/C=C\C/C=C\C/C=C\CC. The van der Waals surface area contributed by atoms with Gasteiger partial charge in [-0.3, -0.25) is 14.4 Å². The van der Waals surface area contributed by atoms with Crippen LogP contribution in [0.4, 0.5) is 0 Å². The summed E-state index contributed by atoms with van der Waals surface area (Å²) in [6, 6.07) is 0. The van der Waals surface area contributed by atoms with Crippen LogP contribution in [0.3, 0.4) is 0 Å². The summed E-state index contributed by atoms with van der Waals surface area (Å²) in [4.78, 5) is 37.9. The van der Waals surface area contributed by atoms with Gasteiger partial charge in [0.05, 0.1) is 0 Å². The minimum atomic E-state index is -0.870. The van der Waals surface area contributed by atoms with Gasteiger partial charge in [-0.05, 0) is 103 Å². The molecule has 0 saturated carbocycles. The maximum Gasteiger partial charge on any atom is 0.306 e. The van der Waals surface area contributed by atoms with Gasteiger partial charge in [0.25, 0.3) is 0 Å². The predicted octanol–water partition coefficient (Wildman–Crippen LogP) is 16.7. The number of carbonyl (C=O) groups is 3. The van der Waals surface area contributed by atoms with Crippen LogP contribution < -0.4 is 0 Å². The first-order valence-electron chi connectivity index (χ1n) is 25.0. The average molecular weight is 915 g/mol. The lowest BCUT2D eigenvalue weighted by Gasteiger charge is -2.18. The Kier molecular flexibility index (Phi) is 48.3. The third-order valence-corrected chi connectivity index (χ3v) is 9.28. The van der Waals surface area contributed by atoms with Gasteiger partial charge in [0, 0.05) is 19.3 Å². The Labute approximate surface area is 407 Å². The second kappa shape index (κ2) is 52.9. The minimum Gasteiger partial charge on any atom is -0.462 e. The summed E-state index contributed by atoms with van der Waals surface area (Å²) in [5, 5.41) is 0. The fourth-order valence-electron chi connectivity index (χ4n) is 5.65. The lowest BCUT2D eigenvalue weighted by molar-refractivity contribution is -0.166. The molecule has 0 amide bonds. The van der Waals surface area contributed by atoms with Crippen LogP contribution in [0.5, 0.6) is 0 Å². The molecule has 0 aliphatic heterocycles. The predicted molar refractivity (Wildman–Crippen MR) is 287 cm³/mol. The van der Waals surface area contributed by atoms with Gasteiger partial charge in [-0.15, -0.1) is 0 Å². The molecule has 0 radical (unpaired) electrons. The smallest absolute Gasteiger partial charge is 0.306 e. The molecule has 0 aliphatic carbocycles. The van der Waals surface area contributed by atoms with Gasteiger partial charge in [0.1, 0.15) is 13.2 Å². The number of unbranched alkanes of at least 4 members (excludes halogenated alkanes) is 4. The molecular formula is C61H86O6. The molecule has 6 heteroatoms. The van der Waals surface area contributed by atoms with Crippen molar-refractivity contribution in [1.82, 2.24) is 0 Å². The second-order valence-corrected chi connectivity index (χ2v) is 15.4. The maximum atomic E-state index is 12.8. The number of hydrogen-bond acceptors (Lipinski definition) is 6. The highest BCUT2D eigenvalue weighted by Crippen LogP contribution is 2.09. The van der Waals surface area contributed by atoms with E-state index < -0.39 is 12.1 Å². The molecule has 0 N–H and O–H groups in total. The molecule has 0 fully saturated rings. The van der Waals surface area contributed by atoms with Crippen molar-refractivity contribution in [2.45, 2.75) is 155 Å². The Bertz CT molecular complexity index is 1710. The number of allylic oxidation sites excluding steroid dienone is 32. The van der Waals surface area contributed by atoms with E-state index in [1.807, 2.05) is 85.1 Å². The zero-order valence-electron chi connectivity index (χ0n) is 41.6. The molecule has 0 bridgehead atoms. The van der Waals surface area contributed by atoms with Gasteiger partial charge in [0.15, 0.2) is 6.10 Å². The molecular weight excluding hydrogens is 829 g/mol. The normalized spacial score (nSPS) is 13.8. The topological polar surface area (TPSA) is 78.9 Å². The Morgan fingerprint density at radius 1 is 0.313 bits per heavy atom. The molecule has 0 saturated heterocycles. The zero-order chi connectivity index (χ0) is 48.6. The Hall–Kier alpha value is -5.75. The summed E-state index contributed by atoms with van der Waals surface area (Å²) in [5.41, 5.74) is 0. The van der Waals surface area contributed by atoms with Crippen molar-refractivity contribution in [3.63, 3.8) is 0 Å². The van der Waals surface area contributed by atoms with Crippen LogP contribution >= 0.6 is 0 Å². The van der Waals surface area contributed by atoms with Crippen LogP contribution in [0.25, 0.3) is 0 Å². The first-order valence-corrected chi connectivity index (χ1v) is 25.0. The summed E-state index contributed by atoms with van der Waals surface area (Å²) in [6.07, 6.45) is 81.5. The van der Waals surface area contributed by atoms with Gasteiger partial charge in [-0.1, -0.05) is 222 Å². The van der Waals surface area contributed by atoms with Crippen molar-refractivity contribution in [1.29, 1.82) is 0 Å². The summed E-state index contributed by atoms with van der Waals surface area (Å²) in [7, 11) is 0. The van der Waals surface area contributed by atoms with Crippen LogP contribution in [0.15, 0.2) is 194 Å². The minimum absolute atomic E-state index is 0.160. The van der Waals surface area contributed by atoms with Crippen LogP contribution in [-0.2, 0) is 28.6 Å². The molecule has 6 nitrogen and oxygen atoms in total. The van der Waals surface area contributed by atoms with Crippen molar-refractivity contribution >= 4 is 17.9 Å². The fraction of sp³-hybridized carbons (Fsp3) is 0.426. The summed E-state index contributed by atoms with van der Waals surface area (Å²) < 4.78 is 16.6. The second-order valence-electron chi connectivity index (χ2n) is 15.4. The van der Waals surface area contributed by atoms with Gasteiger partial charge >= 0.3 is 17.9 Å². The molecule has 0 aromatic rings. The zero-order valence-corrected chi connectivity index (χ0v) is 41.6. The van der Waals surface area contributed by atoms with Crippen LogP contribution in [0.2, 0.25) is 0 Å². The first-order chi connectivity index (χ1) is 33.0. The fourth-order valence-corrected chi connectivity index (χ4v) is 5.65. The summed E-state index contributed by atoms with van der Waals surface area (Å²) in [6.45, 7) is 6.06. The van der Waals surface area contributed by atoms with Gasteiger partial charge in [-0.25, -0.2) is 0 Å². The van der Waals surface area contributed by atoms with Gasteiger partial charge < -0.3 is 14.2 Å². The highest BCUT2D eigenvalue weighted by Gasteiger charge is 2.19. The summed E-state index contributed by atoms with van der Waals surface area (Å²) in [5.74, 6) is -1.16. The van der Waals surface area contributed by atoms with Crippen molar-refractivity contribution < 1.29 is 28.6 Å². The monoisotopic (exact) mass is 915 g/mol. The van der Waals surface area contributed by atoms with E-state index in [0.29, 0.717) is 19.3 Å². The average Bonchev–Trinajstić information content (AvgIpc) is 3.33. The largest absolute Gasteiger partial charge is 0.462 e. The molecule has 0 aromatic carbocycles. The van der Waals surface area contributed by atoms with Gasteiger partial charge in [0.2, 0.25) is 0 Å². The Morgan fingerprint density at radius 2 is 0.657 bits per heavy atom. The molecule has 1 atom stereocenters. The van der Waals surface area contributed by atoms with E-state index in [4.69, 9.17) is 14.2 Å². The third kappa shape index (κ3) is 51.1. The van der Waals surface area contributed by atoms with Crippen molar-refractivity contribution in [3.8, 4) is 0 Å². The maximum absolute atomic E-state index is 12.8. The molecule has 1 unspecified atom stereocenters. The molecule has 0 aromatic heterocycles. The number of hydrogen-bond donors (Lipinski definition) is 0. The molecule has 366 valence electrons. The lowest BCUT2D eigenvalue weighted by Crippen LogP contribution is -2.30. The van der Waals surface area contributed by atoms with Crippen LogP contribution in [-0.4, -0.2) is 37.2 Å². The van der Waals surface area contributed by atoms with Gasteiger partial charge in [-0.2, -0.15) is 0 Å². The molecule has 0 spiro atoms. The number of rotatable bonds is 41. The van der Waals surface area contributed by atoms with E-state index in [1.54, 1.807) is 0 Å². The van der Waals surface area contributed by atoms with Crippen molar-refractivity contribution in [2.75, 3.05) is 13.2 Å². The number of esters is 3. The third-order valence-electron chi connectivity index (χ3n) is 9.28. The van der Waals surface area contributed by atoms with Crippen LogP contribution in [0.1, 0.15) is 149 Å². The quantitative estimate of drug-likeness (QED) is 0.0200. The Balaban J connectivity index is 4.70. The molecule has 0 rings (SSSR count). The highest BCUT2D eigenvalue weighted by atomic mass is 16.6. The summed E-state index contributed by atoms with van der Waals surface area (Å²) >= 11 is 0. The van der Waals surface area contributed by atoms with E-state index in [1.165, 1.54) is 0 Å². The van der Waals surface area contributed by atoms with Crippen LogP contribution in [0, 0.1) is 0 Å². The van der Waals surface area contributed by atoms with Crippen molar-refractivity contribution in [3.05, 3.63) is 194 Å². The standard InChI is InChI=1S/C61H86O6/c1-4-7-10-13-16-19-22-24-26-28-30-32-34-36-39-42-45-48-51-54-60(63)66-57-58(56-65-59(62)53-50-47-44-41-38-21-18-15-12-9-6-3)67-61(64)55-52-49-46-43-40-37-35-33-31-29-27-25-23-20-17-14-11-8-5-2/h7-13,16-22,24-28,30-34,36-37,39-41,44,46,49,58H,4-6,14-15,23,29,35,38,42-43,45,47-48,50-57H2,1-3H3/b10-7-,11-8-,12-9-,16-13-,20-17-,21-18-,22-19-,26-24-,27-25-,30-28+,33-31-,34-32-,39-36-,40-37-,44-41-,49-46-. The van der Waals surface area contributed by atoms with E-state index in [0.717, 1.165) is 89.9 Å². The highest BCUT2D eigenvalue weighted by molar-refractivity contribution is 5.71. The van der Waals surface area contributed by atoms with E-state index in [2.05, 4.69) is 130 Å².